The van der Waals surface area contributed by atoms with Crippen molar-refractivity contribution in [3.8, 4) is 0 Å². The molecule has 1 aromatic rings. The Hall–Kier alpha value is -0.830. The Bertz CT molecular complexity index is 567. The lowest BCUT2D eigenvalue weighted by molar-refractivity contribution is 0.0519. The number of hydrogen-bond donors (Lipinski definition) is 2. The highest BCUT2D eigenvalue weighted by Crippen LogP contribution is 2.25. The molecular weight excluding hydrogens is 348 g/mol. The van der Waals surface area contributed by atoms with Crippen molar-refractivity contribution in [2.75, 3.05) is 6.61 Å². The number of nitrogens with one attached hydrogen (secondary N) is 1. The SMILES string of the molecule is CCOC(=O)c1csc([C@H](O)C[C@H](NS(=O)C(C)(C)C)C(C)C)n1. The second-order valence-corrected chi connectivity index (χ2v) is 9.78. The third-order valence-electron chi connectivity index (χ3n) is 3.39. The van der Waals surface area contributed by atoms with E-state index < -0.39 is 23.1 Å². The van der Waals surface area contributed by atoms with E-state index in [4.69, 9.17) is 4.74 Å². The third-order valence-corrected chi connectivity index (χ3v) is 5.96. The monoisotopic (exact) mass is 376 g/mol. The first kappa shape index (κ1) is 21.2. The van der Waals surface area contributed by atoms with Crippen LogP contribution in [0.4, 0.5) is 0 Å². The van der Waals surface area contributed by atoms with Gasteiger partial charge in [-0.25, -0.2) is 18.7 Å². The molecule has 8 heteroatoms. The van der Waals surface area contributed by atoms with E-state index >= 15 is 0 Å². The van der Waals surface area contributed by atoms with Gasteiger partial charge >= 0.3 is 5.97 Å². The molecule has 2 N–H and O–H groups in total. The molecule has 24 heavy (non-hydrogen) atoms. The highest BCUT2D eigenvalue weighted by molar-refractivity contribution is 7.84. The van der Waals surface area contributed by atoms with Gasteiger partial charge in [0.25, 0.3) is 0 Å². The predicted octanol–water partition coefficient (Wildman–Crippen LogP) is 2.82. The van der Waals surface area contributed by atoms with E-state index in [0.717, 1.165) is 0 Å². The zero-order chi connectivity index (χ0) is 18.5. The molecule has 0 aliphatic rings. The number of hydrogen-bond acceptors (Lipinski definition) is 6. The van der Waals surface area contributed by atoms with Gasteiger partial charge in [-0.2, -0.15) is 0 Å². The lowest BCUT2D eigenvalue weighted by Crippen LogP contribution is -2.43. The van der Waals surface area contributed by atoms with E-state index in [1.165, 1.54) is 11.3 Å². The lowest BCUT2D eigenvalue weighted by atomic mass is 9.99. The summed E-state index contributed by atoms with van der Waals surface area (Å²) in [6.07, 6.45) is -0.454. The third kappa shape index (κ3) is 6.23. The Kier molecular flexibility index (Phi) is 7.98. The van der Waals surface area contributed by atoms with Crippen molar-refractivity contribution in [3.05, 3.63) is 16.1 Å². The maximum absolute atomic E-state index is 12.3. The molecule has 1 aromatic heterocycles. The van der Waals surface area contributed by atoms with Crippen LogP contribution in [0.1, 0.15) is 69.6 Å². The Morgan fingerprint density at radius 2 is 2.08 bits per heavy atom. The van der Waals surface area contributed by atoms with Crippen molar-refractivity contribution >= 4 is 28.3 Å². The number of nitrogens with zero attached hydrogens (tertiary/aromatic N) is 1. The molecule has 0 saturated heterocycles. The summed E-state index contributed by atoms with van der Waals surface area (Å²) in [4.78, 5) is 15.8. The summed E-state index contributed by atoms with van der Waals surface area (Å²) < 4.78 is 19.9. The van der Waals surface area contributed by atoms with Gasteiger partial charge < -0.3 is 9.84 Å². The van der Waals surface area contributed by atoms with Gasteiger partial charge in [0.15, 0.2) is 5.69 Å². The molecule has 0 bridgehead atoms. The normalized spacial score (nSPS) is 16.0. The van der Waals surface area contributed by atoms with E-state index in [1.54, 1.807) is 12.3 Å². The summed E-state index contributed by atoms with van der Waals surface area (Å²) in [6, 6.07) is -0.130. The topological polar surface area (TPSA) is 88.5 Å². The summed E-state index contributed by atoms with van der Waals surface area (Å²) in [5.41, 5.74) is 0.211. The highest BCUT2D eigenvalue weighted by atomic mass is 32.2. The van der Waals surface area contributed by atoms with Gasteiger partial charge in [-0.3, -0.25) is 0 Å². The number of ether oxygens (including phenoxy) is 1. The molecular formula is C16H28N2O4S2. The van der Waals surface area contributed by atoms with Crippen molar-refractivity contribution in [2.24, 2.45) is 5.92 Å². The van der Waals surface area contributed by atoms with Crippen LogP contribution in [-0.2, 0) is 15.7 Å². The molecule has 6 nitrogen and oxygen atoms in total. The predicted molar refractivity (Wildman–Crippen MR) is 97.3 cm³/mol. The van der Waals surface area contributed by atoms with Crippen LogP contribution in [0.2, 0.25) is 0 Å². The fraction of sp³-hybridized carbons (Fsp3) is 0.750. The Labute approximate surface area is 150 Å². The van der Waals surface area contributed by atoms with Crippen LogP contribution < -0.4 is 4.72 Å². The van der Waals surface area contributed by atoms with Crippen molar-refractivity contribution in [1.29, 1.82) is 0 Å². The summed E-state index contributed by atoms with van der Waals surface area (Å²) in [6.45, 7) is 11.7. The maximum Gasteiger partial charge on any atom is 0.357 e. The van der Waals surface area contributed by atoms with Crippen LogP contribution in [0, 0.1) is 5.92 Å². The molecule has 0 saturated carbocycles. The van der Waals surface area contributed by atoms with E-state index in [0.29, 0.717) is 11.4 Å². The van der Waals surface area contributed by atoms with E-state index in [1.807, 2.05) is 34.6 Å². The molecule has 0 aliphatic heterocycles. The zero-order valence-electron chi connectivity index (χ0n) is 15.2. The number of carbonyl (C=O) groups excluding carboxylic acids is 1. The van der Waals surface area contributed by atoms with Crippen molar-refractivity contribution < 1.29 is 18.8 Å². The smallest absolute Gasteiger partial charge is 0.357 e. The number of carbonyl (C=O) groups is 1. The first-order chi connectivity index (χ1) is 11.1. The minimum Gasteiger partial charge on any atom is -0.461 e. The second kappa shape index (κ2) is 9.03. The van der Waals surface area contributed by atoms with Gasteiger partial charge in [0.2, 0.25) is 0 Å². The lowest BCUT2D eigenvalue weighted by Gasteiger charge is -2.27. The van der Waals surface area contributed by atoms with Crippen molar-refractivity contribution in [1.82, 2.24) is 9.71 Å². The molecule has 0 aliphatic carbocycles. The van der Waals surface area contributed by atoms with Gasteiger partial charge in [-0.1, -0.05) is 13.8 Å². The van der Waals surface area contributed by atoms with Crippen molar-refractivity contribution in [2.45, 2.75) is 64.9 Å². The number of aromatic nitrogens is 1. The Morgan fingerprint density at radius 3 is 2.58 bits per heavy atom. The van der Waals surface area contributed by atoms with E-state index in [2.05, 4.69) is 9.71 Å². The molecule has 138 valence electrons. The van der Waals surface area contributed by atoms with Gasteiger partial charge in [-0.05, 0) is 40.0 Å². The molecule has 1 unspecified atom stereocenters. The largest absolute Gasteiger partial charge is 0.461 e. The average Bonchev–Trinajstić information content (AvgIpc) is 2.95. The Balaban J connectivity index is 2.77. The zero-order valence-corrected chi connectivity index (χ0v) is 16.8. The van der Waals surface area contributed by atoms with Gasteiger partial charge in [0.05, 0.1) is 22.3 Å². The minimum atomic E-state index is -1.22. The van der Waals surface area contributed by atoms with E-state index in [-0.39, 0.29) is 29.0 Å². The molecule has 0 amide bonds. The number of rotatable bonds is 8. The molecule has 3 atom stereocenters. The van der Waals surface area contributed by atoms with E-state index in [9.17, 15) is 14.1 Å². The number of aliphatic hydroxyl groups excluding tert-OH is 1. The highest BCUT2D eigenvalue weighted by Gasteiger charge is 2.27. The summed E-state index contributed by atoms with van der Waals surface area (Å²) >= 11 is 1.22. The molecule has 1 rings (SSSR count). The molecule has 0 radical (unpaired) electrons. The fourth-order valence-electron chi connectivity index (χ4n) is 1.85. The van der Waals surface area contributed by atoms with Gasteiger partial charge in [0, 0.05) is 11.4 Å². The second-order valence-electron chi connectivity index (χ2n) is 6.89. The van der Waals surface area contributed by atoms with Crippen LogP contribution >= 0.6 is 11.3 Å². The van der Waals surface area contributed by atoms with Gasteiger partial charge in [0.1, 0.15) is 11.1 Å². The number of aliphatic hydroxyl groups is 1. The summed E-state index contributed by atoms with van der Waals surface area (Å²) in [5.74, 6) is -0.296. The van der Waals surface area contributed by atoms with Crippen LogP contribution in [0.25, 0.3) is 0 Å². The molecule has 0 spiro atoms. The fourth-order valence-corrected chi connectivity index (χ4v) is 3.63. The molecule has 0 fully saturated rings. The summed E-state index contributed by atoms with van der Waals surface area (Å²) in [5, 5.41) is 12.5. The first-order valence-corrected chi connectivity index (χ1v) is 10.1. The standard InChI is InChI=1S/C16H28N2O4S2/c1-7-22-15(20)12-9-23-14(17-12)13(19)8-11(10(2)3)18-24(21)16(4,5)6/h9-11,13,18-19H,7-8H2,1-6H3/t11-,13+,24?/m0/s1. The number of esters is 1. The maximum atomic E-state index is 12.3. The van der Waals surface area contributed by atoms with Crippen LogP contribution in [0.5, 0.6) is 0 Å². The molecule has 1 heterocycles. The number of thiazole rings is 1. The van der Waals surface area contributed by atoms with Crippen LogP contribution in [0.3, 0.4) is 0 Å². The molecule has 0 aromatic carbocycles. The Morgan fingerprint density at radius 1 is 1.46 bits per heavy atom. The van der Waals surface area contributed by atoms with Crippen LogP contribution in [-0.4, -0.2) is 37.7 Å². The van der Waals surface area contributed by atoms with Crippen LogP contribution in [0.15, 0.2) is 5.38 Å². The average molecular weight is 377 g/mol. The van der Waals surface area contributed by atoms with Gasteiger partial charge in [-0.15, -0.1) is 11.3 Å². The minimum absolute atomic E-state index is 0.130. The summed E-state index contributed by atoms with van der Waals surface area (Å²) in [7, 11) is -1.22. The van der Waals surface area contributed by atoms with Crippen molar-refractivity contribution in [3.63, 3.8) is 0 Å². The quantitative estimate of drug-likeness (QED) is 0.681. The first-order valence-electron chi connectivity index (χ1n) is 8.04.